The molecule has 0 spiro atoms. The number of fused-ring (bicyclic) bond motifs is 3. The number of likely N-dealkylation sites (tertiary alicyclic amines) is 2. The largest absolute Gasteiger partial charge is 0.489 e. The monoisotopic (exact) mass is 1520 g/mol. The van der Waals surface area contributed by atoms with E-state index < -0.39 is 27.0 Å². The molecule has 4 aromatic carbocycles. The average molecular weight is 1520 g/mol. The maximum atomic E-state index is 13.9. The number of nitrogens with two attached hydrogens (primary N) is 1. The number of carbonyl (C=O) groups excluding carboxylic acids is 1. The van der Waals surface area contributed by atoms with Crippen molar-refractivity contribution in [1.29, 1.82) is 0 Å². The van der Waals surface area contributed by atoms with Crippen molar-refractivity contribution in [2.24, 2.45) is 10.9 Å². The van der Waals surface area contributed by atoms with Gasteiger partial charge in [-0.2, -0.15) is 10.1 Å². The summed E-state index contributed by atoms with van der Waals surface area (Å²) in [6.07, 6.45) is 11.1. The van der Waals surface area contributed by atoms with Gasteiger partial charge in [0, 0.05) is 92.6 Å². The van der Waals surface area contributed by atoms with Crippen LogP contribution in [-0.4, -0.2) is 119 Å². The number of thiophene rings is 1. The van der Waals surface area contributed by atoms with E-state index in [0.29, 0.717) is 69.3 Å². The van der Waals surface area contributed by atoms with E-state index in [9.17, 15) is 17.6 Å². The highest BCUT2D eigenvalue weighted by Gasteiger charge is 2.34. The van der Waals surface area contributed by atoms with Crippen molar-refractivity contribution < 1.29 is 27.1 Å². The number of anilines is 5. The molecule has 0 unspecified atom stereocenters. The number of aliphatic imine (C=N–C) groups is 1. The molecule has 0 aliphatic carbocycles. The topological polar surface area (TPSA) is 226 Å². The zero-order valence-corrected chi connectivity index (χ0v) is 65.8. The minimum absolute atomic E-state index is 0.0170. The van der Waals surface area contributed by atoms with Crippen LogP contribution in [0.3, 0.4) is 0 Å². The summed E-state index contributed by atoms with van der Waals surface area (Å²) in [5, 5.41) is 21.5. The molecule has 3 aliphatic rings. The third-order valence-electron chi connectivity index (χ3n) is 19.1. The smallest absolute Gasteiger partial charge is 0.229 e. The van der Waals surface area contributed by atoms with E-state index in [2.05, 4.69) is 116 Å². The molecule has 12 rings (SSSR count). The van der Waals surface area contributed by atoms with Crippen LogP contribution in [0, 0.1) is 39.4 Å². The number of halogens is 5. The molecule has 5 aromatic heterocycles. The number of benzene rings is 4. The molecule has 26 heteroatoms. The number of sulfone groups is 1. The normalized spacial score (nSPS) is 15.7. The summed E-state index contributed by atoms with van der Waals surface area (Å²) >= 11 is 26.7. The molecule has 2 fully saturated rings. The van der Waals surface area contributed by atoms with Crippen molar-refractivity contribution in [3.05, 3.63) is 179 Å². The van der Waals surface area contributed by atoms with Gasteiger partial charge in [-0.15, -0.1) is 21.5 Å². The number of aryl methyl sites for hydroxylation is 3. The molecule has 3 aliphatic heterocycles. The lowest BCUT2D eigenvalue weighted by molar-refractivity contribution is -0.122. The third kappa shape index (κ3) is 18.2. The molecule has 8 heterocycles. The second-order valence-corrected chi connectivity index (χ2v) is 33.2. The number of para-hydroxylation sites is 1. The van der Waals surface area contributed by atoms with Gasteiger partial charge in [0.2, 0.25) is 5.95 Å². The van der Waals surface area contributed by atoms with Gasteiger partial charge < -0.3 is 35.6 Å². The van der Waals surface area contributed by atoms with Crippen molar-refractivity contribution in [2.75, 3.05) is 42.5 Å². The number of piperidine rings is 2. The summed E-state index contributed by atoms with van der Waals surface area (Å²) in [5.41, 5.74) is 16.0. The van der Waals surface area contributed by atoms with Crippen molar-refractivity contribution >= 4 is 108 Å². The van der Waals surface area contributed by atoms with Crippen LogP contribution >= 0.6 is 57.7 Å². The molecule has 2 atom stereocenters. The van der Waals surface area contributed by atoms with E-state index in [0.717, 1.165) is 108 Å². The Hall–Kier alpha value is -7.54. The van der Waals surface area contributed by atoms with Gasteiger partial charge in [0.15, 0.2) is 33.0 Å². The quantitative estimate of drug-likeness (QED) is 0.0603. The molecule has 0 radical (unpaired) electrons. The van der Waals surface area contributed by atoms with Crippen molar-refractivity contribution in [3.63, 3.8) is 0 Å². The highest BCUT2D eigenvalue weighted by molar-refractivity contribution is 7.92. The number of rotatable bonds is 20. The molecule has 19 nitrogen and oxygen atoms in total. The number of Topliss-reactive ketones (excluding diaryl/α,β-unsaturated/α-hetero) is 1. The molecule has 4 N–H and O–H groups in total. The van der Waals surface area contributed by atoms with E-state index in [-0.39, 0.29) is 44.6 Å². The van der Waals surface area contributed by atoms with Gasteiger partial charge in [-0.3, -0.25) is 19.0 Å². The van der Waals surface area contributed by atoms with Crippen LogP contribution in [-0.2, 0) is 14.6 Å². The first-order chi connectivity index (χ1) is 48.9. The summed E-state index contributed by atoms with van der Waals surface area (Å²) in [5.74, 6) is 3.52. The van der Waals surface area contributed by atoms with E-state index in [1.165, 1.54) is 39.9 Å². The first-order valence-corrected chi connectivity index (χ1v) is 38.9. The molecule has 0 saturated carbocycles. The number of nitrogens with zero attached hydrogens (tertiary/aromatic N) is 11. The second-order valence-electron chi connectivity index (χ2n) is 27.9. The number of nitrogens with one attached hydrogen (secondary N) is 2. The van der Waals surface area contributed by atoms with Crippen LogP contribution in [0.2, 0.25) is 20.1 Å². The van der Waals surface area contributed by atoms with Crippen LogP contribution in [0.25, 0.3) is 16.1 Å². The van der Waals surface area contributed by atoms with Gasteiger partial charge in [0.05, 0.1) is 56.8 Å². The molecular weight excluding hydrogens is 1430 g/mol. The Morgan fingerprint density at radius 3 is 2.05 bits per heavy atom. The summed E-state index contributed by atoms with van der Waals surface area (Å²) in [7, 11) is -3.53. The highest BCUT2D eigenvalue weighted by atomic mass is 35.5. The Balaban J connectivity index is 0.000000169. The zero-order chi connectivity index (χ0) is 74.5. The standard InChI is InChI=1S/C31H42ClN5O3S.C24H28Cl2FN5O.C22H23ClN4OS/c1-19(2)37-14-12-23(13-15-37)24-17-28(40-20(3)4)27(16-22(24)7)35-31-33-18-25(32)30(36-31)34-26-10-8-9-11-29(26)41(38,39)21(5)6;1-14(2)31-8-6-18(7-9-31)32-13-17(12-30-32)16-10-21(24(28)29-11-16)33-15(3)22-19(25)4-5-20(27)23(22)26;1-11(2)18(28)10-17-21-26-25-14(5)27(21)22-19(12(3)13(4)29-22)20(24-17)15-6-8-16(23)9-7-15/h8-11,16-21,23H,12-15H2,1-7H3,(H2,33,34,35,36);4-5,10-15,18H,6-9H2,1-3H3,(H2,28,29);6-9,11,17H,10H2,1-5H3/t;15-;17-/m.10/s1. The van der Waals surface area contributed by atoms with Crippen LogP contribution in [0.4, 0.5) is 33.3 Å². The fourth-order valence-electron chi connectivity index (χ4n) is 12.9. The van der Waals surface area contributed by atoms with Gasteiger partial charge in [-0.25, -0.2) is 22.8 Å². The van der Waals surface area contributed by atoms with Crippen molar-refractivity contribution in [1.82, 2.24) is 49.3 Å². The van der Waals surface area contributed by atoms with E-state index >= 15 is 0 Å². The average Bonchev–Trinajstić information content (AvgIpc) is 1.59. The Morgan fingerprint density at radius 2 is 1.40 bits per heavy atom. The first kappa shape index (κ1) is 78.1. The number of ketones is 1. The summed E-state index contributed by atoms with van der Waals surface area (Å²) < 4.78 is 56.2. The number of nitrogen functional groups attached to an aromatic ring is 1. The van der Waals surface area contributed by atoms with Crippen molar-refractivity contribution in [3.8, 4) is 27.6 Å². The van der Waals surface area contributed by atoms with E-state index in [1.807, 2.05) is 82.0 Å². The number of aromatic nitrogens is 8. The Labute approximate surface area is 629 Å². The Kier molecular flexibility index (Phi) is 25.5. The predicted octanol–water partition coefficient (Wildman–Crippen LogP) is 19.1. The maximum absolute atomic E-state index is 13.9. The fraction of sp³-hybridized carbons (Fsp3) is 0.429. The molecule has 2 saturated heterocycles. The minimum atomic E-state index is -3.53. The molecule has 548 valence electrons. The first-order valence-electron chi connectivity index (χ1n) is 35.1. The summed E-state index contributed by atoms with van der Waals surface area (Å²) in [6, 6.07) is 24.3. The molecule has 9 aromatic rings. The third-order valence-corrected chi connectivity index (χ3v) is 23.7. The van der Waals surface area contributed by atoms with Crippen LogP contribution in [0.5, 0.6) is 11.5 Å². The number of ether oxygens (including phenoxy) is 2. The highest BCUT2D eigenvalue weighted by Crippen LogP contribution is 2.43. The maximum Gasteiger partial charge on any atom is 0.229 e. The minimum Gasteiger partial charge on any atom is -0.489 e. The number of hydrogen-bond acceptors (Lipinski definition) is 18. The van der Waals surface area contributed by atoms with E-state index in [1.54, 1.807) is 62.6 Å². The summed E-state index contributed by atoms with van der Waals surface area (Å²) in [4.78, 5) is 37.4. The lowest BCUT2D eigenvalue weighted by Gasteiger charge is -2.35. The van der Waals surface area contributed by atoms with Crippen LogP contribution < -0.4 is 25.8 Å². The SMILES string of the molecule is CC(C)N1CCC(n2cc(-c3cnc(N)c(O[C@H](C)c4c(Cl)ccc(F)c4Cl)c3)cn2)CC1.Cc1cc(Nc2ncc(Cl)c(Nc3ccccc3S(=O)(=O)C(C)C)n2)c(OC(C)C)cc1C1CCN(C(C)C)CC1.Cc1sc2c(c1C)C(c1ccc(Cl)cc1)=N[C@@H](CC(=O)C(C)C)c1nnc(C)n1-2. The molecule has 0 bridgehead atoms. The van der Waals surface area contributed by atoms with Gasteiger partial charge >= 0.3 is 0 Å². The predicted molar refractivity (Wildman–Crippen MR) is 416 cm³/mol. The molecular formula is C77H93Cl4FN14O5S2. The lowest BCUT2D eigenvalue weighted by atomic mass is 9.86. The zero-order valence-electron chi connectivity index (χ0n) is 61.1. The number of pyridine rings is 1. The molecule has 0 amide bonds. The Bertz CT molecular complexity index is 4640. The second kappa shape index (κ2) is 33.7. The van der Waals surface area contributed by atoms with Gasteiger partial charge in [0.25, 0.3) is 0 Å². The van der Waals surface area contributed by atoms with Crippen LogP contribution in [0.1, 0.15) is 182 Å². The van der Waals surface area contributed by atoms with Gasteiger partial charge in [-0.05, 0) is 206 Å². The van der Waals surface area contributed by atoms with E-state index in [4.69, 9.17) is 66.6 Å². The number of carbonyl (C=O) groups is 1. The Morgan fingerprint density at radius 1 is 0.728 bits per heavy atom. The lowest BCUT2D eigenvalue weighted by Crippen LogP contribution is -2.39. The van der Waals surface area contributed by atoms with Crippen molar-refractivity contribution in [2.45, 2.75) is 188 Å². The summed E-state index contributed by atoms with van der Waals surface area (Å²) in [6.45, 7) is 34.5. The molecule has 103 heavy (non-hydrogen) atoms. The van der Waals surface area contributed by atoms with Gasteiger partial charge in [-0.1, -0.05) is 84.5 Å². The van der Waals surface area contributed by atoms with Crippen LogP contribution in [0.15, 0.2) is 114 Å². The number of hydrogen-bond donors (Lipinski definition) is 3. The fourth-order valence-corrected chi connectivity index (χ4v) is 16.3. The van der Waals surface area contributed by atoms with Gasteiger partial charge in [0.1, 0.15) is 45.3 Å².